The lowest BCUT2D eigenvalue weighted by Crippen LogP contribution is -2.56. The van der Waals surface area contributed by atoms with Crippen molar-refractivity contribution in [2.24, 2.45) is 0 Å². The summed E-state index contributed by atoms with van der Waals surface area (Å²) in [5.41, 5.74) is -0.184. The minimum atomic E-state index is -4.92. The predicted molar refractivity (Wildman–Crippen MR) is 122 cm³/mol. The number of aromatic nitrogens is 3. The second-order valence-corrected chi connectivity index (χ2v) is 8.63. The highest BCUT2D eigenvalue weighted by Gasteiger charge is 2.64. The standard InChI is InChI=1S/C25H22F3N5O3/c1-14-8-20(34-3)22(19-6-7-30-23(14)19)24(25(26,27)28,35-13-21-32-31-15(2)36-21)33-11-17-5-4-16(10-29)9-18(17)12-33/h4-9,30H,11-13H2,1-3H3. The lowest BCUT2D eigenvalue weighted by Gasteiger charge is -2.43. The van der Waals surface area contributed by atoms with E-state index in [2.05, 4.69) is 15.2 Å². The van der Waals surface area contributed by atoms with Crippen LogP contribution in [0, 0.1) is 25.2 Å². The van der Waals surface area contributed by atoms with E-state index >= 15 is 13.2 Å². The van der Waals surface area contributed by atoms with Crippen LogP contribution < -0.4 is 4.74 Å². The molecule has 1 aliphatic rings. The molecule has 0 fully saturated rings. The quantitative estimate of drug-likeness (QED) is 0.400. The lowest BCUT2D eigenvalue weighted by atomic mass is 9.93. The van der Waals surface area contributed by atoms with Gasteiger partial charge in [-0.2, -0.15) is 18.4 Å². The van der Waals surface area contributed by atoms with Crippen LogP contribution >= 0.6 is 0 Å². The molecule has 1 aliphatic heterocycles. The summed E-state index contributed by atoms with van der Waals surface area (Å²) in [5, 5.41) is 17.1. The molecular formula is C25H22F3N5O3. The van der Waals surface area contributed by atoms with Gasteiger partial charge in [-0.3, -0.25) is 4.90 Å². The number of benzene rings is 2. The number of fused-ring (bicyclic) bond motifs is 2. The van der Waals surface area contributed by atoms with Crippen LogP contribution in [0.2, 0.25) is 0 Å². The molecule has 11 heteroatoms. The Morgan fingerprint density at radius 3 is 2.58 bits per heavy atom. The molecule has 2 aromatic carbocycles. The number of hydrogen-bond donors (Lipinski definition) is 1. The van der Waals surface area contributed by atoms with Crippen LogP contribution in [0.25, 0.3) is 10.9 Å². The Hall–Kier alpha value is -3.88. The van der Waals surface area contributed by atoms with E-state index in [1.807, 2.05) is 6.07 Å². The highest BCUT2D eigenvalue weighted by atomic mass is 19.4. The first-order chi connectivity index (χ1) is 17.2. The molecule has 186 valence electrons. The lowest BCUT2D eigenvalue weighted by molar-refractivity contribution is -0.349. The molecule has 1 N–H and O–H groups in total. The summed E-state index contributed by atoms with van der Waals surface area (Å²) in [6.07, 6.45) is -3.34. The molecular weight excluding hydrogens is 475 g/mol. The summed E-state index contributed by atoms with van der Waals surface area (Å²) in [4.78, 5) is 4.24. The highest BCUT2D eigenvalue weighted by molar-refractivity contribution is 5.89. The fourth-order valence-electron chi connectivity index (χ4n) is 4.86. The average molecular weight is 497 g/mol. The first kappa shape index (κ1) is 23.8. The predicted octanol–water partition coefficient (Wildman–Crippen LogP) is 5.00. The summed E-state index contributed by atoms with van der Waals surface area (Å²) < 4.78 is 63.2. The number of H-pyrrole nitrogens is 1. The van der Waals surface area contributed by atoms with Gasteiger partial charge in [-0.1, -0.05) is 6.07 Å². The van der Waals surface area contributed by atoms with Crippen LogP contribution in [0.1, 0.15) is 39.6 Å². The van der Waals surface area contributed by atoms with Crippen molar-refractivity contribution in [1.82, 2.24) is 20.1 Å². The summed E-state index contributed by atoms with van der Waals surface area (Å²) in [6.45, 7) is 2.59. The van der Waals surface area contributed by atoms with Crippen molar-refractivity contribution in [2.45, 2.75) is 45.4 Å². The first-order valence-electron chi connectivity index (χ1n) is 11.1. The highest BCUT2D eigenvalue weighted by Crippen LogP contribution is 2.53. The maximum Gasteiger partial charge on any atom is 0.436 e. The zero-order valence-electron chi connectivity index (χ0n) is 19.7. The minimum Gasteiger partial charge on any atom is -0.496 e. The van der Waals surface area contributed by atoms with Crippen LogP contribution in [-0.2, 0) is 30.2 Å². The van der Waals surface area contributed by atoms with Crippen molar-refractivity contribution >= 4 is 10.9 Å². The van der Waals surface area contributed by atoms with E-state index < -0.39 is 18.5 Å². The smallest absolute Gasteiger partial charge is 0.436 e. The van der Waals surface area contributed by atoms with Crippen molar-refractivity contribution in [1.29, 1.82) is 5.26 Å². The number of methoxy groups -OCH3 is 1. The molecule has 0 amide bonds. The molecule has 1 atom stereocenters. The molecule has 36 heavy (non-hydrogen) atoms. The van der Waals surface area contributed by atoms with Gasteiger partial charge < -0.3 is 18.9 Å². The largest absolute Gasteiger partial charge is 0.496 e. The number of aryl methyl sites for hydroxylation is 2. The van der Waals surface area contributed by atoms with Crippen LogP contribution in [-0.4, -0.2) is 33.4 Å². The van der Waals surface area contributed by atoms with Crippen LogP contribution in [0.15, 0.2) is 40.9 Å². The number of rotatable bonds is 6. The molecule has 5 rings (SSSR count). The Kier molecular flexibility index (Phi) is 5.73. The normalized spacial score (nSPS) is 15.6. The van der Waals surface area contributed by atoms with Crippen molar-refractivity contribution in [2.75, 3.05) is 7.11 Å². The zero-order valence-corrected chi connectivity index (χ0v) is 19.7. The molecule has 3 heterocycles. The van der Waals surface area contributed by atoms with Gasteiger partial charge in [0.1, 0.15) is 12.4 Å². The molecule has 0 radical (unpaired) electrons. The van der Waals surface area contributed by atoms with Gasteiger partial charge in [-0.25, -0.2) is 0 Å². The SMILES string of the molecule is COc1cc(C)c2[nH]ccc2c1C(OCc1nnc(C)o1)(N1Cc2ccc(C#N)cc2C1)C(F)(F)F. The molecule has 0 spiro atoms. The fraction of sp³-hybridized carbons (Fsp3) is 0.320. The zero-order chi connectivity index (χ0) is 25.7. The number of hydrogen-bond acceptors (Lipinski definition) is 7. The van der Waals surface area contributed by atoms with E-state index in [4.69, 9.17) is 13.9 Å². The van der Waals surface area contributed by atoms with Gasteiger partial charge in [0, 0.05) is 37.1 Å². The van der Waals surface area contributed by atoms with Gasteiger partial charge in [0.15, 0.2) is 0 Å². The van der Waals surface area contributed by atoms with Crippen molar-refractivity contribution in [3.63, 3.8) is 0 Å². The van der Waals surface area contributed by atoms with Gasteiger partial charge >= 0.3 is 6.18 Å². The third-order valence-electron chi connectivity index (χ3n) is 6.42. The van der Waals surface area contributed by atoms with Crippen molar-refractivity contribution in [3.8, 4) is 11.8 Å². The molecule has 0 saturated carbocycles. The number of halogens is 3. The third-order valence-corrected chi connectivity index (χ3v) is 6.42. The van der Waals surface area contributed by atoms with Crippen LogP contribution in [0.5, 0.6) is 5.75 Å². The molecule has 8 nitrogen and oxygen atoms in total. The second-order valence-electron chi connectivity index (χ2n) is 8.63. The Labute approximate surface area is 204 Å². The Balaban J connectivity index is 1.74. The topological polar surface area (TPSA) is 100 Å². The maximum absolute atomic E-state index is 15.5. The number of nitrogens with one attached hydrogen (secondary N) is 1. The fourth-order valence-corrected chi connectivity index (χ4v) is 4.86. The summed E-state index contributed by atoms with van der Waals surface area (Å²) in [7, 11) is 1.33. The monoisotopic (exact) mass is 497 g/mol. The van der Waals surface area contributed by atoms with Gasteiger partial charge in [-0.15, -0.1) is 10.2 Å². The number of alkyl halides is 3. The van der Waals surface area contributed by atoms with E-state index in [0.717, 1.165) is 5.56 Å². The van der Waals surface area contributed by atoms with Crippen molar-refractivity contribution in [3.05, 3.63) is 76.1 Å². The summed E-state index contributed by atoms with van der Waals surface area (Å²) in [6, 6.07) is 10.1. The van der Waals surface area contributed by atoms with E-state index in [0.29, 0.717) is 27.6 Å². The van der Waals surface area contributed by atoms with Crippen LogP contribution in [0.4, 0.5) is 13.2 Å². The number of nitriles is 1. The second kappa shape index (κ2) is 8.65. The van der Waals surface area contributed by atoms with Gasteiger partial charge in [-0.05, 0) is 47.9 Å². The molecule has 2 aromatic heterocycles. The van der Waals surface area contributed by atoms with Gasteiger partial charge in [0.05, 0.1) is 24.3 Å². The number of ether oxygens (including phenoxy) is 2. The molecule has 4 aromatic rings. The van der Waals surface area contributed by atoms with Crippen molar-refractivity contribution < 1.29 is 27.1 Å². The number of aromatic amines is 1. The summed E-state index contributed by atoms with van der Waals surface area (Å²) >= 11 is 0. The van der Waals surface area contributed by atoms with Gasteiger partial charge in [0.25, 0.3) is 5.72 Å². The van der Waals surface area contributed by atoms with Crippen LogP contribution in [0.3, 0.4) is 0 Å². The molecule has 0 bridgehead atoms. The van der Waals surface area contributed by atoms with E-state index in [-0.39, 0.29) is 36.2 Å². The minimum absolute atomic E-state index is 0.0345. The Morgan fingerprint density at radius 2 is 1.92 bits per heavy atom. The van der Waals surface area contributed by atoms with E-state index in [9.17, 15) is 5.26 Å². The molecule has 1 unspecified atom stereocenters. The van der Waals surface area contributed by atoms with Gasteiger partial charge in [0.2, 0.25) is 11.8 Å². The summed E-state index contributed by atoms with van der Waals surface area (Å²) in [5.74, 6) is 0.165. The Bertz CT molecular complexity index is 1490. The number of nitrogens with zero attached hydrogens (tertiary/aromatic N) is 4. The van der Waals surface area contributed by atoms with E-state index in [1.54, 1.807) is 50.4 Å². The third kappa shape index (κ3) is 3.70. The average Bonchev–Trinajstić information content (AvgIpc) is 3.58. The first-order valence-corrected chi connectivity index (χ1v) is 11.1. The maximum atomic E-state index is 15.5. The van der Waals surface area contributed by atoms with E-state index in [1.165, 1.54) is 12.0 Å². The Morgan fingerprint density at radius 1 is 1.14 bits per heavy atom. The molecule has 0 aliphatic carbocycles. The molecule has 0 saturated heterocycles.